The van der Waals surface area contributed by atoms with Gasteiger partial charge in [-0.05, 0) is 60.7 Å². The summed E-state index contributed by atoms with van der Waals surface area (Å²) in [5, 5.41) is 2.30. The molecule has 2 aliphatic rings. The van der Waals surface area contributed by atoms with E-state index >= 15 is 0 Å². The van der Waals surface area contributed by atoms with Gasteiger partial charge < -0.3 is 5.73 Å². The standard InChI is InChI=1S/C11H14N2O3S.C11H10/c12-8(14)6-13-10(15)9(17-11(13)16)7-4-2-1-3-5-7;1-9-5-4-7-10-6-2-3-8-11(9)10/h1-6H2,(H2,12,14);2-8H,1H3. The van der Waals surface area contributed by atoms with Crippen LogP contribution in [0.5, 0.6) is 0 Å². The van der Waals surface area contributed by atoms with Gasteiger partial charge in [-0.3, -0.25) is 19.3 Å². The molecule has 2 aromatic carbocycles. The smallest absolute Gasteiger partial charge is 0.294 e. The summed E-state index contributed by atoms with van der Waals surface area (Å²) in [5.41, 5.74) is 7.42. The second kappa shape index (κ2) is 9.06. The first-order chi connectivity index (χ1) is 13.5. The number of nitrogens with zero attached hydrogens (tertiary/aromatic N) is 1. The largest absolute Gasteiger partial charge is 0.368 e. The number of allylic oxidation sites excluding steroid dienone is 1. The van der Waals surface area contributed by atoms with Crippen molar-refractivity contribution in [1.82, 2.24) is 4.90 Å². The number of hydrogen-bond donors (Lipinski definition) is 1. The first kappa shape index (κ1) is 20.1. The van der Waals surface area contributed by atoms with Crippen LogP contribution in [0.4, 0.5) is 4.79 Å². The number of carbonyl (C=O) groups excluding carboxylic acids is 3. The number of rotatable bonds is 2. The van der Waals surface area contributed by atoms with Crippen LogP contribution in [-0.4, -0.2) is 28.5 Å². The third-order valence-electron chi connectivity index (χ3n) is 4.95. The Morgan fingerprint density at radius 2 is 1.71 bits per heavy atom. The molecule has 0 aromatic heterocycles. The summed E-state index contributed by atoms with van der Waals surface area (Å²) in [6, 6.07) is 14.8. The van der Waals surface area contributed by atoms with E-state index in [0.717, 1.165) is 47.9 Å². The molecule has 146 valence electrons. The van der Waals surface area contributed by atoms with Crippen molar-refractivity contribution in [3.8, 4) is 0 Å². The van der Waals surface area contributed by atoms with Crippen molar-refractivity contribution < 1.29 is 14.4 Å². The minimum absolute atomic E-state index is 0.318. The van der Waals surface area contributed by atoms with E-state index in [4.69, 9.17) is 5.73 Å². The molecular weight excluding hydrogens is 372 g/mol. The zero-order valence-corrected chi connectivity index (χ0v) is 16.8. The maximum absolute atomic E-state index is 12.0. The van der Waals surface area contributed by atoms with Crippen molar-refractivity contribution in [3.63, 3.8) is 0 Å². The molecule has 6 heteroatoms. The van der Waals surface area contributed by atoms with Crippen molar-refractivity contribution in [3.05, 3.63) is 58.5 Å². The summed E-state index contributed by atoms with van der Waals surface area (Å²) in [5.74, 6) is -1.02. The fraction of sp³-hybridized carbons (Fsp3) is 0.318. The summed E-state index contributed by atoms with van der Waals surface area (Å²) in [6.45, 7) is 1.82. The van der Waals surface area contributed by atoms with E-state index in [9.17, 15) is 14.4 Å². The Hall–Kier alpha value is -2.60. The fourth-order valence-electron chi connectivity index (χ4n) is 3.50. The van der Waals surface area contributed by atoms with Gasteiger partial charge in [0.15, 0.2) is 0 Å². The third-order valence-corrected chi connectivity index (χ3v) is 6.01. The van der Waals surface area contributed by atoms with Gasteiger partial charge >= 0.3 is 0 Å². The topological polar surface area (TPSA) is 80.5 Å². The molecule has 28 heavy (non-hydrogen) atoms. The van der Waals surface area contributed by atoms with Crippen LogP contribution in [0.2, 0.25) is 0 Å². The van der Waals surface area contributed by atoms with E-state index in [2.05, 4.69) is 49.4 Å². The Kier molecular flexibility index (Phi) is 6.52. The van der Waals surface area contributed by atoms with Crippen LogP contribution in [0, 0.1) is 6.92 Å². The predicted octanol–water partition coefficient (Wildman–Crippen LogP) is 4.53. The van der Waals surface area contributed by atoms with Crippen LogP contribution in [0.1, 0.15) is 37.7 Å². The number of thioether (sulfide) groups is 1. The van der Waals surface area contributed by atoms with Gasteiger partial charge in [0.1, 0.15) is 6.54 Å². The molecular formula is C22H24N2O3S. The van der Waals surface area contributed by atoms with E-state index in [1.807, 2.05) is 0 Å². The quantitative estimate of drug-likeness (QED) is 0.756. The lowest BCUT2D eigenvalue weighted by molar-refractivity contribution is -0.128. The zero-order valence-electron chi connectivity index (χ0n) is 15.9. The number of benzene rings is 2. The monoisotopic (exact) mass is 396 g/mol. The number of carbonyl (C=O) groups is 3. The van der Waals surface area contributed by atoms with Crippen molar-refractivity contribution >= 4 is 39.6 Å². The van der Waals surface area contributed by atoms with Gasteiger partial charge in [0.25, 0.3) is 11.1 Å². The molecule has 1 heterocycles. The molecule has 1 aliphatic carbocycles. The van der Waals surface area contributed by atoms with Crippen LogP contribution in [0.3, 0.4) is 0 Å². The summed E-state index contributed by atoms with van der Waals surface area (Å²) >= 11 is 0.940. The van der Waals surface area contributed by atoms with Gasteiger partial charge in [-0.2, -0.15) is 0 Å². The highest BCUT2D eigenvalue weighted by Gasteiger charge is 2.37. The number of imide groups is 1. The normalized spacial score (nSPS) is 17.0. The number of fused-ring (bicyclic) bond motifs is 1. The molecule has 0 unspecified atom stereocenters. The number of amides is 3. The second-order valence-corrected chi connectivity index (χ2v) is 7.98. The second-order valence-electron chi connectivity index (χ2n) is 7.01. The van der Waals surface area contributed by atoms with E-state index in [1.165, 1.54) is 22.8 Å². The SMILES string of the molecule is Cc1cccc2ccccc12.NC(=O)CN1C(=O)SC(=C2CCCCC2)C1=O. The van der Waals surface area contributed by atoms with Gasteiger partial charge in [-0.15, -0.1) is 0 Å². The highest BCUT2D eigenvalue weighted by atomic mass is 32.2. The van der Waals surface area contributed by atoms with Crippen molar-refractivity contribution in [2.45, 2.75) is 39.0 Å². The van der Waals surface area contributed by atoms with E-state index in [1.54, 1.807) is 0 Å². The molecule has 0 atom stereocenters. The highest BCUT2D eigenvalue weighted by molar-refractivity contribution is 8.18. The third kappa shape index (κ3) is 4.62. The van der Waals surface area contributed by atoms with E-state index in [-0.39, 0.29) is 17.7 Å². The molecule has 0 spiro atoms. The lowest BCUT2D eigenvalue weighted by Gasteiger charge is -2.15. The summed E-state index contributed by atoms with van der Waals surface area (Å²) in [6.07, 6.45) is 5.07. The lowest BCUT2D eigenvalue weighted by Crippen LogP contribution is -2.36. The van der Waals surface area contributed by atoms with Crippen molar-refractivity contribution in [2.75, 3.05) is 6.54 Å². The average molecular weight is 397 g/mol. The van der Waals surface area contributed by atoms with Crippen LogP contribution in [-0.2, 0) is 9.59 Å². The van der Waals surface area contributed by atoms with E-state index < -0.39 is 5.91 Å². The average Bonchev–Trinajstić information content (AvgIpc) is 2.97. The number of primary amides is 1. The molecule has 4 rings (SSSR count). The molecule has 5 nitrogen and oxygen atoms in total. The first-order valence-corrected chi connectivity index (χ1v) is 10.3. The van der Waals surface area contributed by atoms with Gasteiger partial charge in [0, 0.05) is 0 Å². The fourth-order valence-corrected chi connectivity index (χ4v) is 4.48. The van der Waals surface area contributed by atoms with Crippen molar-refractivity contribution in [1.29, 1.82) is 0 Å². The Morgan fingerprint density at radius 3 is 2.39 bits per heavy atom. The summed E-state index contributed by atoms with van der Waals surface area (Å²) < 4.78 is 0. The molecule has 3 amide bonds. The molecule has 2 fully saturated rings. The van der Waals surface area contributed by atoms with Crippen LogP contribution in [0.25, 0.3) is 10.8 Å². The minimum Gasteiger partial charge on any atom is -0.368 e. The molecule has 2 aromatic rings. The molecule has 0 radical (unpaired) electrons. The Morgan fingerprint density at radius 1 is 1.04 bits per heavy atom. The Bertz CT molecular complexity index is 938. The van der Waals surface area contributed by atoms with Crippen molar-refractivity contribution in [2.24, 2.45) is 5.73 Å². The van der Waals surface area contributed by atoms with Gasteiger partial charge in [0.2, 0.25) is 5.91 Å². The maximum Gasteiger partial charge on any atom is 0.294 e. The van der Waals surface area contributed by atoms with Gasteiger partial charge in [-0.1, -0.05) is 54.5 Å². The summed E-state index contributed by atoms with van der Waals surface area (Å²) in [4.78, 5) is 35.8. The highest BCUT2D eigenvalue weighted by Crippen LogP contribution is 2.37. The molecule has 0 bridgehead atoms. The zero-order chi connectivity index (χ0) is 20.1. The van der Waals surface area contributed by atoms with Crippen LogP contribution < -0.4 is 5.73 Å². The Balaban J connectivity index is 0.000000176. The molecule has 1 saturated carbocycles. The number of aryl methyl sites for hydroxylation is 1. The van der Waals surface area contributed by atoms with E-state index in [0.29, 0.717) is 4.91 Å². The lowest BCUT2D eigenvalue weighted by atomic mass is 9.94. The van der Waals surface area contributed by atoms with Crippen LogP contribution >= 0.6 is 11.8 Å². The van der Waals surface area contributed by atoms with Gasteiger partial charge in [-0.25, -0.2) is 0 Å². The maximum atomic E-state index is 12.0. The predicted molar refractivity (Wildman–Crippen MR) is 113 cm³/mol. The number of nitrogens with two attached hydrogens (primary N) is 1. The molecule has 2 N–H and O–H groups in total. The molecule has 1 saturated heterocycles. The first-order valence-electron chi connectivity index (χ1n) is 9.45. The Labute approximate surface area is 169 Å². The molecule has 1 aliphatic heterocycles. The summed E-state index contributed by atoms with van der Waals surface area (Å²) in [7, 11) is 0. The van der Waals surface area contributed by atoms with Gasteiger partial charge in [0.05, 0.1) is 4.91 Å². The van der Waals surface area contributed by atoms with Crippen LogP contribution in [0.15, 0.2) is 52.9 Å². The minimum atomic E-state index is -0.665. The number of hydrogen-bond acceptors (Lipinski definition) is 4.